The second kappa shape index (κ2) is 5.19. The van der Waals surface area contributed by atoms with Crippen molar-refractivity contribution in [1.82, 2.24) is 15.0 Å². The molecule has 120 valence electrons. The SMILES string of the molecule is Oc1c(-n2nc3ccc(Cl)cc3n2)c2ccccc2c2ccccc12. The summed E-state index contributed by atoms with van der Waals surface area (Å²) in [6, 6.07) is 21.1. The van der Waals surface area contributed by atoms with Crippen molar-refractivity contribution in [3.8, 4) is 11.4 Å². The molecule has 0 fully saturated rings. The van der Waals surface area contributed by atoms with E-state index in [1.54, 1.807) is 12.1 Å². The van der Waals surface area contributed by atoms with Gasteiger partial charge in [-0.15, -0.1) is 15.0 Å². The van der Waals surface area contributed by atoms with E-state index in [4.69, 9.17) is 11.6 Å². The molecule has 25 heavy (non-hydrogen) atoms. The molecule has 1 heterocycles. The fourth-order valence-electron chi connectivity index (χ4n) is 3.29. The standard InChI is InChI=1S/C20H12ClN3O/c21-12-9-10-17-18(11-12)23-24(22-17)19-15-7-3-1-5-13(15)14-6-2-4-8-16(14)20(19)25/h1-11,25H. The molecule has 0 saturated carbocycles. The van der Waals surface area contributed by atoms with Crippen LogP contribution in [0.4, 0.5) is 0 Å². The highest BCUT2D eigenvalue weighted by molar-refractivity contribution is 6.31. The average Bonchev–Trinajstić information content (AvgIpc) is 3.04. The van der Waals surface area contributed by atoms with Crippen LogP contribution in [0.2, 0.25) is 5.02 Å². The zero-order valence-electron chi connectivity index (χ0n) is 13.0. The predicted octanol–water partition coefficient (Wildman–Crippen LogP) is 5.09. The fourth-order valence-corrected chi connectivity index (χ4v) is 3.46. The third-order valence-electron chi connectivity index (χ3n) is 4.42. The van der Waals surface area contributed by atoms with Crippen molar-refractivity contribution in [2.24, 2.45) is 0 Å². The Bertz CT molecular complexity index is 1280. The Morgan fingerprint density at radius 2 is 1.32 bits per heavy atom. The summed E-state index contributed by atoms with van der Waals surface area (Å²) in [6.07, 6.45) is 0. The number of benzene rings is 4. The average molecular weight is 346 g/mol. The van der Waals surface area contributed by atoms with Crippen LogP contribution in [0, 0.1) is 0 Å². The summed E-state index contributed by atoms with van der Waals surface area (Å²) in [7, 11) is 0. The van der Waals surface area contributed by atoms with Crippen LogP contribution < -0.4 is 0 Å². The molecule has 0 amide bonds. The minimum absolute atomic E-state index is 0.167. The monoisotopic (exact) mass is 345 g/mol. The molecule has 4 nitrogen and oxygen atoms in total. The molecule has 0 aliphatic rings. The first kappa shape index (κ1) is 14.3. The maximum Gasteiger partial charge on any atom is 0.151 e. The van der Waals surface area contributed by atoms with Crippen LogP contribution in [0.5, 0.6) is 5.75 Å². The number of fused-ring (bicyclic) bond motifs is 4. The van der Waals surface area contributed by atoms with E-state index < -0.39 is 0 Å². The van der Waals surface area contributed by atoms with Gasteiger partial charge in [0.1, 0.15) is 16.7 Å². The second-order valence-electron chi connectivity index (χ2n) is 5.91. The number of halogens is 1. The van der Waals surface area contributed by atoms with Gasteiger partial charge in [0.25, 0.3) is 0 Å². The van der Waals surface area contributed by atoms with E-state index in [1.807, 2.05) is 54.6 Å². The Labute approximate surface area is 147 Å². The van der Waals surface area contributed by atoms with Crippen LogP contribution in [0.1, 0.15) is 0 Å². The summed E-state index contributed by atoms with van der Waals surface area (Å²) < 4.78 is 0. The third kappa shape index (κ3) is 2.08. The van der Waals surface area contributed by atoms with Gasteiger partial charge in [0, 0.05) is 15.8 Å². The minimum atomic E-state index is 0.167. The van der Waals surface area contributed by atoms with Crippen molar-refractivity contribution in [2.45, 2.75) is 0 Å². The maximum absolute atomic E-state index is 11.0. The number of nitrogens with zero attached hydrogens (tertiary/aromatic N) is 3. The van der Waals surface area contributed by atoms with Crippen molar-refractivity contribution < 1.29 is 5.11 Å². The summed E-state index contributed by atoms with van der Waals surface area (Å²) in [5.74, 6) is 0.167. The quantitative estimate of drug-likeness (QED) is 0.431. The molecule has 0 aliphatic carbocycles. The van der Waals surface area contributed by atoms with Gasteiger partial charge in [-0.3, -0.25) is 0 Å². The van der Waals surface area contributed by atoms with E-state index in [9.17, 15) is 5.11 Å². The molecule has 1 N–H and O–H groups in total. The van der Waals surface area contributed by atoms with E-state index >= 15 is 0 Å². The number of phenolic OH excluding ortho intramolecular Hbond substituents is 1. The maximum atomic E-state index is 11.0. The van der Waals surface area contributed by atoms with E-state index in [-0.39, 0.29) is 5.75 Å². The molecule has 0 radical (unpaired) electrons. The topological polar surface area (TPSA) is 50.9 Å². The van der Waals surface area contributed by atoms with Gasteiger partial charge in [-0.1, -0.05) is 60.1 Å². The van der Waals surface area contributed by atoms with Crippen molar-refractivity contribution in [3.63, 3.8) is 0 Å². The Kier molecular flexibility index (Phi) is 2.96. The predicted molar refractivity (Wildman–Crippen MR) is 101 cm³/mol. The molecular weight excluding hydrogens is 334 g/mol. The molecule has 0 saturated heterocycles. The van der Waals surface area contributed by atoms with Gasteiger partial charge in [-0.2, -0.15) is 0 Å². The smallest absolute Gasteiger partial charge is 0.151 e. The zero-order valence-corrected chi connectivity index (χ0v) is 13.8. The Morgan fingerprint density at radius 3 is 2.08 bits per heavy atom. The van der Waals surface area contributed by atoms with E-state index in [1.165, 1.54) is 4.80 Å². The van der Waals surface area contributed by atoms with Gasteiger partial charge >= 0.3 is 0 Å². The van der Waals surface area contributed by atoms with Gasteiger partial charge in [0.15, 0.2) is 5.75 Å². The number of phenols is 1. The minimum Gasteiger partial charge on any atom is -0.505 e. The Morgan fingerprint density at radius 1 is 0.720 bits per heavy atom. The first-order valence-corrected chi connectivity index (χ1v) is 8.25. The van der Waals surface area contributed by atoms with Crippen LogP contribution in [0.3, 0.4) is 0 Å². The van der Waals surface area contributed by atoms with Gasteiger partial charge in [-0.05, 0) is 29.0 Å². The lowest BCUT2D eigenvalue weighted by Crippen LogP contribution is -2.01. The van der Waals surface area contributed by atoms with Crippen LogP contribution >= 0.6 is 11.6 Å². The molecule has 5 aromatic rings. The van der Waals surface area contributed by atoms with Crippen LogP contribution in [0.25, 0.3) is 38.3 Å². The molecule has 0 unspecified atom stereocenters. The summed E-state index contributed by atoms with van der Waals surface area (Å²) in [4.78, 5) is 1.49. The number of hydrogen-bond acceptors (Lipinski definition) is 3. The van der Waals surface area contributed by atoms with Gasteiger partial charge in [-0.25, -0.2) is 0 Å². The third-order valence-corrected chi connectivity index (χ3v) is 4.66. The van der Waals surface area contributed by atoms with Gasteiger partial charge in [0.05, 0.1) is 0 Å². The molecule has 0 spiro atoms. The molecule has 1 aromatic heterocycles. The van der Waals surface area contributed by atoms with Crippen molar-refractivity contribution >= 4 is 44.2 Å². The van der Waals surface area contributed by atoms with E-state index in [2.05, 4.69) is 10.2 Å². The van der Waals surface area contributed by atoms with Crippen molar-refractivity contribution in [1.29, 1.82) is 0 Å². The van der Waals surface area contributed by atoms with Gasteiger partial charge < -0.3 is 5.11 Å². The molecule has 4 aromatic carbocycles. The van der Waals surface area contributed by atoms with E-state index in [0.717, 1.165) is 27.1 Å². The van der Waals surface area contributed by atoms with Gasteiger partial charge in [0.2, 0.25) is 0 Å². The van der Waals surface area contributed by atoms with Crippen LogP contribution in [0.15, 0.2) is 66.7 Å². The first-order valence-electron chi connectivity index (χ1n) is 7.88. The largest absolute Gasteiger partial charge is 0.505 e. The van der Waals surface area contributed by atoms with Crippen molar-refractivity contribution in [3.05, 3.63) is 71.8 Å². The second-order valence-corrected chi connectivity index (χ2v) is 6.35. The summed E-state index contributed by atoms with van der Waals surface area (Å²) in [5.41, 5.74) is 1.98. The Balaban J connectivity index is 1.94. The highest BCUT2D eigenvalue weighted by Gasteiger charge is 2.17. The highest BCUT2D eigenvalue weighted by Crippen LogP contribution is 2.39. The molecule has 0 aliphatic heterocycles. The lowest BCUT2D eigenvalue weighted by molar-refractivity contribution is 0.475. The lowest BCUT2D eigenvalue weighted by Gasteiger charge is -2.12. The number of aromatic hydroxyl groups is 1. The number of aromatic nitrogens is 3. The molecule has 0 atom stereocenters. The van der Waals surface area contributed by atoms with Crippen LogP contribution in [-0.4, -0.2) is 20.1 Å². The first-order chi connectivity index (χ1) is 12.2. The van der Waals surface area contributed by atoms with Crippen molar-refractivity contribution in [2.75, 3.05) is 0 Å². The Hall–Kier alpha value is -3.11. The lowest BCUT2D eigenvalue weighted by atomic mass is 9.99. The molecule has 0 bridgehead atoms. The number of hydrogen-bond donors (Lipinski definition) is 1. The molecule has 5 heteroatoms. The summed E-state index contributed by atoms with van der Waals surface area (Å²) >= 11 is 6.05. The van der Waals surface area contributed by atoms with Crippen LogP contribution in [-0.2, 0) is 0 Å². The fraction of sp³-hybridized carbons (Fsp3) is 0. The molecule has 5 rings (SSSR count). The summed E-state index contributed by atoms with van der Waals surface area (Å²) in [5, 5.41) is 24.3. The molecular formula is C20H12ClN3O. The number of rotatable bonds is 1. The van der Waals surface area contributed by atoms with E-state index in [0.29, 0.717) is 16.2 Å². The summed E-state index contributed by atoms with van der Waals surface area (Å²) in [6.45, 7) is 0. The highest BCUT2D eigenvalue weighted by atomic mass is 35.5. The zero-order chi connectivity index (χ0) is 17.0. The normalized spacial score (nSPS) is 11.6.